The number of carbonyl (C=O) groups is 1. The van der Waals surface area contributed by atoms with Crippen molar-refractivity contribution < 1.29 is 14.6 Å². The highest BCUT2D eigenvalue weighted by Gasteiger charge is 2.14. The number of rotatable bonds is 2. The normalized spacial score (nSPS) is 9.93. The fraction of sp³-hybridized carbons (Fsp3) is 0.300. The van der Waals surface area contributed by atoms with E-state index < -0.39 is 5.97 Å². The van der Waals surface area contributed by atoms with E-state index in [1.54, 1.807) is 26.0 Å². The molecular formula is C10H11BrO3. The van der Waals surface area contributed by atoms with Crippen LogP contribution in [0.25, 0.3) is 0 Å². The van der Waals surface area contributed by atoms with Crippen LogP contribution in [0.3, 0.4) is 0 Å². The lowest BCUT2D eigenvalue weighted by Gasteiger charge is -2.07. The first kappa shape index (κ1) is 11.0. The van der Waals surface area contributed by atoms with Gasteiger partial charge in [-0.2, -0.15) is 0 Å². The SMILES string of the molecule is CCOC(=O)c1ccc(Br)c(O)c1C. The van der Waals surface area contributed by atoms with Crippen molar-refractivity contribution in [3.63, 3.8) is 0 Å². The Morgan fingerprint density at radius 3 is 2.79 bits per heavy atom. The molecule has 14 heavy (non-hydrogen) atoms. The summed E-state index contributed by atoms with van der Waals surface area (Å²) >= 11 is 3.17. The molecule has 4 heteroatoms. The molecule has 1 N–H and O–H groups in total. The summed E-state index contributed by atoms with van der Waals surface area (Å²) in [5.41, 5.74) is 0.922. The van der Waals surface area contributed by atoms with E-state index in [2.05, 4.69) is 15.9 Å². The first-order chi connectivity index (χ1) is 6.57. The summed E-state index contributed by atoms with van der Waals surface area (Å²) in [7, 11) is 0. The van der Waals surface area contributed by atoms with Crippen molar-refractivity contribution >= 4 is 21.9 Å². The van der Waals surface area contributed by atoms with E-state index in [1.165, 1.54) is 0 Å². The first-order valence-electron chi connectivity index (χ1n) is 4.23. The molecule has 0 spiro atoms. The minimum absolute atomic E-state index is 0.0792. The number of hydrogen-bond donors (Lipinski definition) is 1. The molecule has 0 aromatic heterocycles. The Kier molecular flexibility index (Phi) is 3.52. The predicted octanol–water partition coefficient (Wildman–Crippen LogP) is 2.64. The summed E-state index contributed by atoms with van der Waals surface area (Å²) in [5.74, 6) is -0.330. The monoisotopic (exact) mass is 258 g/mol. The lowest BCUT2D eigenvalue weighted by atomic mass is 10.1. The minimum atomic E-state index is -0.409. The third-order valence-electron chi connectivity index (χ3n) is 1.88. The molecule has 1 aromatic rings. The van der Waals surface area contributed by atoms with Crippen LogP contribution < -0.4 is 0 Å². The van der Waals surface area contributed by atoms with Gasteiger partial charge in [-0.15, -0.1) is 0 Å². The molecule has 0 saturated carbocycles. The molecule has 0 unspecified atom stereocenters. The molecule has 3 nitrogen and oxygen atoms in total. The van der Waals surface area contributed by atoms with Gasteiger partial charge in [0.2, 0.25) is 0 Å². The van der Waals surface area contributed by atoms with Crippen LogP contribution >= 0.6 is 15.9 Å². The van der Waals surface area contributed by atoms with Gasteiger partial charge in [-0.3, -0.25) is 0 Å². The Hall–Kier alpha value is -1.03. The van der Waals surface area contributed by atoms with Crippen LogP contribution in [-0.2, 0) is 4.74 Å². The molecule has 0 radical (unpaired) electrons. The molecule has 0 bridgehead atoms. The molecule has 1 rings (SSSR count). The van der Waals surface area contributed by atoms with Crippen LogP contribution in [0, 0.1) is 6.92 Å². The smallest absolute Gasteiger partial charge is 0.338 e. The predicted molar refractivity (Wildman–Crippen MR) is 56.5 cm³/mol. The summed E-state index contributed by atoms with van der Waals surface area (Å²) in [5, 5.41) is 9.55. The largest absolute Gasteiger partial charge is 0.506 e. The van der Waals surface area contributed by atoms with E-state index in [0.717, 1.165) is 0 Å². The molecule has 0 fully saturated rings. The first-order valence-corrected chi connectivity index (χ1v) is 5.02. The van der Waals surface area contributed by atoms with Crippen LogP contribution in [0.1, 0.15) is 22.8 Å². The summed E-state index contributed by atoms with van der Waals surface area (Å²) < 4.78 is 5.41. The van der Waals surface area contributed by atoms with Crippen molar-refractivity contribution in [1.29, 1.82) is 0 Å². The quantitative estimate of drug-likeness (QED) is 0.830. The van der Waals surface area contributed by atoms with Crippen molar-refractivity contribution in [2.24, 2.45) is 0 Å². The van der Waals surface area contributed by atoms with Gasteiger partial charge >= 0.3 is 5.97 Å². The summed E-state index contributed by atoms with van der Waals surface area (Å²) in [6.07, 6.45) is 0. The zero-order valence-electron chi connectivity index (χ0n) is 8.00. The lowest BCUT2D eigenvalue weighted by Crippen LogP contribution is -2.06. The second kappa shape index (κ2) is 4.46. The van der Waals surface area contributed by atoms with Gasteiger partial charge < -0.3 is 9.84 Å². The van der Waals surface area contributed by atoms with Gasteiger partial charge in [0.1, 0.15) is 5.75 Å². The molecule has 0 saturated heterocycles. The summed E-state index contributed by atoms with van der Waals surface area (Å²) in [6, 6.07) is 3.24. The van der Waals surface area contributed by atoms with Crippen LogP contribution in [0.2, 0.25) is 0 Å². The molecule has 0 atom stereocenters. The van der Waals surface area contributed by atoms with E-state index in [9.17, 15) is 9.90 Å². The highest BCUT2D eigenvalue weighted by atomic mass is 79.9. The van der Waals surface area contributed by atoms with Crippen LogP contribution in [0.15, 0.2) is 16.6 Å². The number of hydrogen-bond acceptors (Lipinski definition) is 3. The van der Waals surface area contributed by atoms with E-state index in [0.29, 0.717) is 22.2 Å². The van der Waals surface area contributed by atoms with Crippen molar-refractivity contribution in [3.05, 3.63) is 27.7 Å². The van der Waals surface area contributed by atoms with Crippen molar-refractivity contribution in [3.8, 4) is 5.75 Å². The van der Waals surface area contributed by atoms with Crippen molar-refractivity contribution in [2.45, 2.75) is 13.8 Å². The Balaban J connectivity index is 3.11. The zero-order valence-corrected chi connectivity index (χ0v) is 9.59. The Morgan fingerprint density at radius 2 is 2.21 bits per heavy atom. The average molecular weight is 259 g/mol. The van der Waals surface area contributed by atoms with Gasteiger partial charge in [-0.05, 0) is 41.9 Å². The number of carbonyl (C=O) groups excluding carboxylic acids is 1. The number of aromatic hydroxyl groups is 1. The van der Waals surface area contributed by atoms with Gasteiger partial charge in [-0.1, -0.05) is 0 Å². The topological polar surface area (TPSA) is 46.5 Å². The molecule has 0 amide bonds. The molecule has 1 aromatic carbocycles. The second-order valence-corrected chi connectivity index (χ2v) is 3.64. The number of halogens is 1. The van der Waals surface area contributed by atoms with Crippen molar-refractivity contribution in [2.75, 3.05) is 6.61 Å². The molecular weight excluding hydrogens is 248 g/mol. The van der Waals surface area contributed by atoms with E-state index in [4.69, 9.17) is 4.74 Å². The minimum Gasteiger partial charge on any atom is -0.506 e. The van der Waals surface area contributed by atoms with Crippen LogP contribution in [0.4, 0.5) is 0 Å². The molecule has 0 aliphatic heterocycles. The number of benzene rings is 1. The number of phenolic OH excluding ortho intramolecular Hbond substituents is 1. The number of ether oxygens (including phenoxy) is 1. The molecule has 0 aliphatic carbocycles. The molecule has 76 valence electrons. The van der Waals surface area contributed by atoms with Crippen LogP contribution in [-0.4, -0.2) is 17.7 Å². The standard InChI is InChI=1S/C10H11BrO3/c1-3-14-10(13)7-4-5-8(11)9(12)6(7)2/h4-5,12H,3H2,1-2H3. The maximum absolute atomic E-state index is 11.4. The maximum Gasteiger partial charge on any atom is 0.338 e. The Bertz CT molecular complexity index is 361. The van der Waals surface area contributed by atoms with Gasteiger partial charge in [0.15, 0.2) is 0 Å². The fourth-order valence-corrected chi connectivity index (χ4v) is 1.53. The van der Waals surface area contributed by atoms with E-state index in [-0.39, 0.29) is 5.75 Å². The summed E-state index contributed by atoms with van der Waals surface area (Å²) in [4.78, 5) is 11.4. The second-order valence-electron chi connectivity index (χ2n) is 2.79. The average Bonchev–Trinajstić information content (AvgIpc) is 2.15. The van der Waals surface area contributed by atoms with Gasteiger partial charge in [-0.25, -0.2) is 4.79 Å². The molecule has 0 heterocycles. The third-order valence-corrected chi connectivity index (χ3v) is 2.52. The maximum atomic E-state index is 11.4. The van der Waals surface area contributed by atoms with Gasteiger partial charge in [0.05, 0.1) is 16.6 Å². The zero-order chi connectivity index (χ0) is 10.7. The van der Waals surface area contributed by atoms with E-state index in [1.807, 2.05) is 0 Å². The number of phenols is 1. The number of esters is 1. The molecule has 0 aliphatic rings. The third kappa shape index (κ3) is 2.07. The van der Waals surface area contributed by atoms with E-state index >= 15 is 0 Å². The van der Waals surface area contributed by atoms with Gasteiger partial charge in [0.25, 0.3) is 0 Å². The highest BCUT2D eigenvalue weighted by molar-refractivity contribution is 9.10. The lowest BCUT2D eigenvalue weighted by molar-refractivity contribution is 0.0525. The highest BCUT2D eigenvalue weighted by Crippen LogP contribution is 2.29. The Labute approximate surface area is 90.8 Å². The van der Waals surface area contributed by atoms with Crippen molar-refractivity contribution in [1.82, 2.24) is 0 Å². The Morgan fingerprint density at radius 1 is 1.57 bits per heavy atom. The fourth-order valence-electron chi connectivity index (χ4n) is 1.10. The van der Waals surface area contributed by atoms with Gasteiger partial charge in [0, 0.05) is 5.56 Å². The summed E-state index contributed by atoms with van der Waals surface area (Å²) in [6.45, 7) is 3.74. The van der Waals surface area contributed by atoms with Crippen LogP contribution in [0.5, 0.6) is 5.75 Å².